The van der Waals surface area contributed by atoms with Gasteiger partial charge in [-0.2, -0.15) is 0 Å². The van der Waals surface area contributed by atoms with E-state index in [-0.39, 0.29) is 0 Å². The fourth-order valence-corrected chi connectivity index (χ4v) is 2.21. The van der Waals surface area contributed by atoms with Crippen LogP contribution in [0.3, 0.4) is 0 Å². The van der Waals surface area contributed by atoms with Gasteiger partial charge in [-0.05, 0) is 0 Å². The van der Waals surface area contributed by atoms with Gasteiger partial charge in [-0.3, -0.25) is 0 Å². The van der Waals surface area contributed by atoms with Crippen LogP contribution < -0.4 is 5.46 Å². The molecule has 1 nitrogen and oxygen atoms in total. The number of rotatable bonds is 1. The molecule has 0 fully saturated rings. The predicted octanol–water partition coefficient (Wildman–Crippen LogP) is 2.04. The third kappa shape index (κ3) is 1.16. The quantitative estimate of drug-likeness (QED) is 0.644. The molecule has 0 aromatic heterocycles. The van der Waals surface area contributed by atoms with Crippen LogP contribution in [0, 0.1) is 0 Å². The molecule has 2 rings (SSSR count). The van der Waals surface area contributed by atoms with Crippen LogP contribution in [0.1, 0.15) is 18.1 Å². The summed E-state index contributed by atoms with van der Waals surface area (Å²) in [6.45, 7) is 3.03. The molecule has 0 unspecified atom stereocenters. The Kier molecular flexibility index (Phi) is 2.13. The van der Waals surface area contributed by atoms with E-state index in [0.717, 1.165) is 13.0 Å². The Morgan fingerprint density at radius 2 is 2.42 bits per heavy atom. The molecule has 12 heavy (non-hydrogen) atoms. The number of fused-ring (bicyclic) bond motifs is 1. The number of hydrogen-bond donors (Lipinski definition) is 0. The van der Waals surface area contributed by atoms with Crippen LogP contribution in [-0.2, 0) is 13.0 Å². The average molecular weight is 222 g/mol. The molecule has 0 aliphatic carbocycles. The van der Waals surface area contributed by atoms with Gasteiger partial charge in [0.15, 0.2) is 0 Å². The summed E-state index contributed by atoms with van der Waals surface area (Å²) in [6, 6.07) is 4.26. The molecular formula is C9H9BBrN. The summed E-state index contributed by atoms with van der Waals surface area (Å²) in [4.78, 5) is 4.26. The minimum absolute atomic E-state index is 0.857. The fourth-order valence-electron chi connectivity index (χ4n) is 1.58. The van der Waals surface area contributed by atoms with E-state index in [9.17, 15) is 0 Å². The van der Waals surface area contributed by atoms with E-state index in [1.54, 1.807) is 0 Å². The molecule has 0 saturated carbocycles. The summed E-state index contributed by atoms with van der Waals surface area (Å²) in [5.74, 6) is 0. The molecule has 60 valence electrons. The molecule has 0 spiro atoms. The molecule has 0 radical (unpaired) electrons. The molecule has 3 heteroatoms. The zero-order chi connectivity index (χ0) is 8.55. The van der Waals surface area contributed by atoms with Gasteiger partial charge in [0.2, 0.25) is 0 Å². The molecular weight excluding hydrogens is 213 g/mol. The van der Waals surface area contributed by atoms with Crippen LogP contribution >= 0.6 is 15.9 Å². The maximum absolute atomic E-state index is 4.26. The van der Waals surface area contributed by atoms with Crippen LogP contribution in [0.15, 0.2) is 21.5 Å². The van der Waals surface area contributed by atoms with Gasteiger partial charge in [0.25, 0.3) is 0 Å². The van der Waals surface area contributed by atoms with Crippen molar-refractivity contribution in [1.29, 1.82) is 0 Å². The molecule has 0 atom stereocenters. The standard InChI is InChI=1S/C9H9BBrN/c1-2-7-8(11)4-3-6-5-12-10-9(6)7/h3-4H,2,5H2,1H3. The predicted molar refractivity (Wildman–Crippen MR) is 55.0 cm³/mol. The van der Waals surface area contributed by atoms with Gasteiger partial charge in [0.05, 0.1) is 0 Å². The van der Waals surface area contributed by atoms with E-state index in [0.29, 0.717) is 0 Å². The summed E-state index contributed by atoms with van der Waals surface area (Å²) in [5.41, 5.74) is 4.07. The summed E-state index contributed by atoms with van der Waals surface area (Å²) in [7, 11) is 1.99. The van der Waals surface area contributed by atoms with Crippen LogP contribution in [-0.4, -0.2) is 7.07 Å². The second kappa shape index (κ2) is 3.13. The van der Waals surface area contributed by atoms with Gasteiger partial charge >= 0.3 is 81.0 Å². The third-order valence-corrected chi connectivity index (χ3v) is 2.97. The number of benzene rings is 1. The molecule has 1 aliphatic heterocycles. The Balaban J connectivity index is 2.64. The van der Waals surface area contributed by atoms with Gasteiger partial charge in [-0.25, -0.2) is 0 Å². The van der Waals surface area contributed by atoms with E-state index < -0.39 is 0 Å². The first-order chi connectivity index (χ1) is 5.83. The van der Waals surface area contributed by atoms with E-state index in [4.69, 9.17) is 0 Å². The molecule has 1 aromatic rings. The average Bonchev–Trinajstić information content (AvgIpc) is 2.52. The molecule has 1 aliphatic rings. The first kappa shape index (κ1) is 8.18. The van der Waals surface area contributed by atoms with Gasteiger partial charge in [0.1, 0.15) is 0 Å². The van der Waals surface area contributed by atoms with E-state index >= 15 is 0 Å². The van der Waals surface area contributed by atoms with Gasteiger partial charge in [0, 0.05) is 0 Å². The molecule has 0 saturated heterocycles. The second-order valence-corrected chi connectivity index (χ2v) is 3.78. The van der Waals surface area contributed by atoms with Crippen LogP contribution in [0.4, 0.5) is 0 Å². The number of nitrogens with zero attached hydrogens (tertiary/aromatic N) is 1. The molecule has 1 heterocycles. The van der Waals surface area contributed by atoms with Crippen LogP contribution in [0.2, 0.25) is 0 Å². The minimum atomic E-state index is 0.857. The SMILES string of the molecule is CCc1c(Br)ccc2c1B=NC2. The Bertz CT molecular complexity index is 347. The van der Waals surface area contributed by atoms with Crippen molar-refractivity contribution < 1.29 is 0 Å². The van der Waals surface area contributed by atoms with Crippen molar-refractivity contribution in [3.63, 3.8) is 0 Å². The van der Waals surface area contributed by atoms with Crippen molar-refractivity contribution in [3.8, 4) is 0 Å². The van der Waals surface area contributed by atoms with Crippen molar-refractivity contribution >= 4 is 28.5 Å². The van der Waals surface area contributed by atoms with Crippen molar-refractivity contribution in [1.82, 2.24) is 0 Å². The van der Waals surface area contributed by atoms with Crippen molar-refractivity contribution in [2.75, 3.05) is 0 Å². The first-order valence-corrected chi connectivity index (χ1v) is 4.92. The van der Waals surface area contributed by atoms with Gasteiger partial charge in [-0.1, -0.05) is 0 Å². The molecule has 0 N–H and O–H groups in total. The third-order valence-electron chi connectivity index (χ3n) is 2.23. The topological polar surface area (TPSA) is 12.4 Å². The van der Waals surface area contributed by atoms with Crippen molar-refractivity contribution in [2.24, 2.45) is 4.90 Å². The zero-order valence-corrected chi connectivity index (χ0v) is 8.56. The van der Waals surface area contributed by atoms with E-state index in [2.05, 4.69) is 39.9 Å². The maximum atomic E-state index is 4.26. The van der Waals surface area contributed by atoms with Crippen molar-refractivity contribution in [3.05, 3.63) is 27.7 Å². The summed E-state index contributed by atoms with van der Waals surface area (Å²) < 4.78 is 1.21. The molecule has 0 bridgehead atoms. The van der Waals surface area contributed by atoms with Crippen LogP contribution in [0.25, 0.3) is 0 Å². The zero-order valence-electron chi connectivity index (χ0n) is 6.97. The first-order valence-electron chi connectivity index (χ1n) is 4.13. The summed E-state index contributed by atoms with van der Waals surface area (Å²) in [6.07, 6.45) is 1.07. The van der Waals surface area contributed by atoms with Gasteiger partial charge < -0.3 is 0 Å². The second-order valence-electron chi connectivity index (χ2n) is 2.92. The Morgan fingerprint density at radius 1 is 1.58 bits per heavy atom. The molecule has 1 aromatic carbocycles. The Labute approximate surface area is 81.3 Å². The summed E-state index contributed by atoms with van der Waals surface area (Å²) in [5, 5.41) is 0. The number of halogens is 1. The van der Waals surface area contributed by atoms with Crippen molar-refractivity contribution in [2.45, 2.75) is 19.9 Å². The van der Waals surface area contributed by atoms with E-state index in [1.807, 2.05) is 7.07 Å². The van der Waals surface area contributed by atoms with Gasteiger partial charge in [-0.15, -0.1) is 0 Å². The Morgan fingerprint density at radius 3 is 3.17 bits per heavy atom. The molecule has 0 amide bonds. The number of hydrogen-bond acceptors (Lipinski definition) is 1. The Hall–Kier alpha value is -0.435. The monoisotopic (exact) mass is 221 g/mol. The fraction of sp³-hybridized carbons (Fsp3) is 0.333. The normalized spacial score (nSPS) is 12.8. The van der Waals surface area contributed by atoms with Crippen LogP contribution in [0.5, 0.6) is 0 Å². The van der Waals surface area contributed by atoms with E-state index in [1.165, 1.54) is 21.1 Å². The summed E-state index contributed by atoms with van der Waals surface area (Å²) >= 11 is 3.55.